The second kappa shape index (κ2) is 9.74. The molecule has 3 unspecified atom stereocenters. The quantitative estimate of drug-likeness (QED) is 0.753. The van der Waals surface area contributed by atoms with Crippen LogP contribution in [0, 0.1) is 12.8 Å². The highest BCUT2D eigenvalue weighted by Crippen LogP contribution is 2.41. The average Bonchev–Trinajstić information content (AvgIpc) is 3.41. The Kier molecular flexibility index (Phi) is 7.33. The minimum atomic E-state index is -0.250. The molecule has 2 aliphatic heterocycles. The summed E-state index contributed by atoms with van der Waals surface area (Å²) in [5, 5.41) is 8.58. The Bertz CT molecular complexity index is 819. The summed E-state index contributed by atoms with van der Waals surface area (Å²) in [7, 11) is 0. The lowest BCUT2D eigenvalue weighted by atomic mass is 9.86. The lowest BCUT2D eigenvalue weighted by Crippen LogP contribution is -2.49. The molecule has 0 bridgehead atoms. The minimum Gasteiger partial charge on any atom is -0.354 e. The molecule has 2 N–H and O–H groups in total. The molecule has 2 aliphatic rings. The van der Waals surface area contributed by atoms with Crippen LogP contribution < -0.4 is 15.5 Å². The van der Waals surface area contributed by atoms with Crippen LogP contribution in [0.2, 0.25) is 0 Å². The molecule has 5 nitrogen and oxygen atoms in total. The largest absolute Gasteiger partial charge is 0.354 e. The van der Waals surface area contributed by atoms with Gasteiger partial charge < -0.3 is 15.5 Å². The third kappa shape index (κ3) is 4.82. The van der Waals surface area contributed by atoms with Crippen LogP contribution in [0.25, 0.3) is 0 Å². The zero-order valence-electron chi connectivity index (χ0n) is 16.6. The first kappa shape index (κ1) is 21.8. The summed E-state index contributed by atoms with van der Waals surface area (Å²) in [5.41, 5.74) is 2.02. The van der Waals surface area contributed by atoms with Crippen LogP contribution in [0.4, 0.5) is 5.69 Å². The number of anilines is 1. The van der Waals surface area contributed by atoms with Crippen molar-refractivity contribution in [3.05, 3.63) is 52.2 Å². The van der Waals surface area contributed by atoms with Gasteiger partial charge in [0.15, 0.2) is 0 Å². The van der Waals surface area contributed by atoms with Crippen LogP contribution in [-0.4, -0.2) is 30.9 Å². The molecule has 0 saturated carbocycles. The van der Waals surface area contributed by atoms with Gasteiger partial charge in [-0.1, -0.05) is 23.8 Å². The number of nitrogens with one attached hydrogen (secondary N) is 2. The van der Waals surface area contributed by atoms with Crippen molar-refractivity contribution in [2.24, 2.45) is 5.92 Å². The van der Waals surface area contributed by atoms with E-state index in [0.717, 1.165) is 35.5 Å². The molecule has 0 spiro atoms. The van der Waals surface area contributed by atoms with Gasteiger partial charge in [-0.25, -0.2) is 0 Å². The standard InChI is InChI=1S/C22H27N3O2S.ClH/c1-15-6-8-17(9-7-15)25-20(26)11-10-18(21(25)19-5-3-13-28-19)22(27)24-14-16-4-2-12-23-16;/h3,5-9,13,16,18,21,23H,2,4,10-12,14H2,1H3,(H,24,27);1H. The molecule has 7 heteroatoms. The van der Waals surface area contributed by atoms with Crippen molar-refractivity contribution in [1.82, 2.24) is 10.6 Å². The number of piperidine rings is 1. The number of benzene rings is 1. The summed E-state index contributed by atoms with van der Waals surface area (Å²) in [6.45, 7) is 3.72. The summed E-state index contributed by atoms with van der Waals surface area (Å²) >= 11 is 1.61. The van der Waals surface area contributed by atoms with Crippen molar-refractivity contribution in [3.63, 3.8) is 0 Å². The number of amides is 2. The molecular weight excluding hydrogens is 406 g/mol. The van der Waals surface area contributed by atoms with E-state index in [1.54, 1.807) is 11.3 Å². The van der Waals surface area contributed by atoms with Crippen LogP contribution in [0.15, 0.2) is 41.8 Å². The zero-order valence-corrected chi connectivity index (χ0v) is 18.2. The van der Waals surface area contributed by atoms with Gasteiger partial charge in [0, 0.05) is 29.6 Å². The van der Waals surface area contributed by atoms with Gasteiger partial charge in [-0.3, -0.25) is 9.59 Å². The van der Waals surface area contributed by atoms with Gasteiger partial charge in [0.05, 0.1) is 12.0 Å². The molecule has 156 valence electrons. The van der Waals surface area contributed by atoms with E-state index in [9.17, 15) is 9.59 Å². The van der Waals surface area contributed by atoms with Crippen LogP contribution in [0.1, 0.15) is 42.2 Å². The molecule has 2 fully saturated rings. The summed E-state index contributed by atoms with van der Waals surface area (Å²) < 4.78 is 0. The van der Waals surface area contributed by atoms with Gasteiger partial charge in [0.25, 0.3) is 0 Å². The van der Waals surface area contributed by atoms with E-state index in [4.69, 9.17) is 0 Å². The summed E-state index contributed by atoms with van der Waals surface area (Å²) in [5.74, 6) is -0.0977. The number of carbonyl (C=O) groups is 2. The van der Waals surface area contributed by atoms with Crippen LogP contribution in [0.3, 0.4) is 0 Å². The van der Waals surface area contributed by atoms with E-state index in [-0.39, 0.29) is 36.2 Å². The molecule has 0 radical (unpaired) electrons. The van der Waals surface area contributed by atoms with E-state index in [0.29, 0.717) is 25.4 Å². The fourth-order valence-corrected chi connectivity index (χ4v) is 5.13. The smallest absolute Gasteiger partial charge is 0.227 e. The first-order valence-corrected chi connectivity index (χ1v) is 10.9. The molecule has 2 aromatic rings. The van der Waals surface area contributed by atoms with E-state index in [1.807, 2.05) is 53.6 Å². The molecule has 29 heavy (non-hydrogen) atoms. The normalized spacial score (nSPS) is 24.2. The molecule has 2 saturated heterocycles. The Morgan fingerprint density at radius 2 is 2.03 bits per heavy atom. The second-order valence-electron chi connectivity index (χ2n) is 7.74. The number of nitrogens with zero attached hydrogens (tertiary/aromatic N) is 1. The molecular formula is C22H28ClN3O2S. The molecule has 3 heterocycles. The van der Waals surface area contributed by atoms with Gasteiger partial charge in [0.2, 0.25) is 11.8 Å². The maximum atomic E-state index is 13.1. The van der Waals surface area contributed by atoms with Crippen LogP contribution in [-0.2, 0) is 9.59 Å². The first-order valence-electron chi connectivity index (χ1n) is 10.1. The lowest BCUT2D eigenvalue weighted by molar-refractivity contribution is -0.129. The predicted octanol–water partition coefficient (Wildman–Crippen LogP) is 3.83. The highest BCUT2D eigenvalue weighted by Gasteiger charge is 2.42. The minimum absolute atomic E-state index is 0. The molecule has 0 aliphatic carbocycles. The fraction of sp³-hybridized carbons (Fsp3) is 0.455. The SMILES string of the molecule is Cc1ccc(N2C(=O)CCC(C(=O)NCC3CCCN3)C2c2cccs2)cc1.Cl. The molecule has 1 aromatic carbocycles. The van der Waals surface area contributed by atoms with Gasteiger partial charge in [-0.15, -0.1) is 23.7 Å². The van der Waals surface area contributed by atoms with Crippen molar-refractivity contribution in [1.29, 1.82) is 0 Å². The summed E-state index contributed by atoms with van der Waals surface area (Å²) in [4.78, 5) is 28.9. The van der Waals surface area contributed by atoms with Gasteiger partial charge in [-0.05, 0) is 56.3 Å². The highest BCUT2D eigenvalue weighted by atomic mass is 35.5. The molecule has 1 aromatic heterocycles. The van der Waals surface area contributed by atoms with Crippen LogP contribution in [0.5, 0.6) is 0 Å². The number of hydrogen-bond donors (Lipinski definition) is 2. The van der Waals surface area contributed by atoms with Crippen molar-refractivity contribution in [2.75, 3.05) is 18.0 Å². The number of hydrogen-bond acceptors (Lipinski definition) is 4. The Balaban J connectivity index is 0.00000240. The monoisotopic (exact) mass is 433 g/mol. The first-order chi connectivity index (χ1) is 13.6. The topological polar surface area (TPSA) is 61.4 Å². The zero-order chi connectivity index (χ0) is 19.5. The maximum Gasteiger partial charge on any atom is 0.227 e. The van der Waals surface area contributed by atoms with Crippen molar-refractivity contribution >= 4 is 41.2 Å². The highest BCUT2D eigenvalue weighted by molar-refractivity contribution is 7.10. The van der Waals surface area contributed by atoms with E-state index >= 15 is 0 Å². The molecule has 2 amide bonds. The van der Waals surface area contributed by atoms with Crippen molar-refractivity contribution in [3.8, 4) is 0 Å². The average molecular weight is 434 g/mol. The number of rotatable bonds is 5. The van der Waals surface area contributed by atoms with E-state index < -0.39 is 0 Å². The van der Waals surface area contributed by atoms with E-state index in [1.165, 1.54) is 0 Å². The Labute approximate surface area is 182 Å². The number of thiophene rings is 1. The molecule has 3 atom stereocenters. The van der Waals surface area contributed by atoms with Crippen LogP contribution >= 0.6 is 23.7 Å². The number of carbonyl (C=O) groups excluding carboxylic acids is 2. The van der Waals surface area contributed by atoms with Crippen molar-refractivity contribution < 1.29 is 9.59 Å². The van der Waals surface area contributed by atoms with E-state index in [2.05, 4.69) is 10.6 Å². The maximum absolute atomic E-state index is 13.1. The fourth-order valence-electron chi connectivity index (χ4n) is 4.25. The predicted molar refractivity (Wildman–Crippen MR) is 120 cm³/mol. The van der Waals surface area contributed by atoms with Crippen molar-refractivity contribution in [2.45, 2.75) is 44.7 Å². The lowest BCUT2D eigenvalue weighted by Gasteiger charge is -2.40. The van der Waals surface area contributed by atoms with Gasteiger partial charge >= 0.3 is 0 Å². The van der Waals surface area contributed by atoms with Gasteiger partial charge in [-0.2, -0.15) is 0 Å². The summed E-state index contributed by atoms with van der Waals surface area (Å²) in [6, 6.07) is 12.1. The third-order valence-corrected chi connectivity index (χ3v) is 6.71. The number of aryl methyl sites for hydroxylation is 1. The third-order valence-electron chi connectivity index (χ3n) is 5.77. The Morgan fingerprint density at radius 3 is 2.69 bits per heavy atom. The Hall–Kier alpha value is -1.89. The molecule has 4 rings (SSSR count). The Morgan fingerprint density at radius 1 is 1.24 bits per heavy atom. The summed E-state index contributed by atoms with van der Waals surface area (Å²) in [6.07, 6.45) is 3.26. The second-order valence-corrected chi connectivity index (χ2v) is 8.72. The number of halogens is 1. The van der Waals surface area contributed by atoms with Gasteiger partial charge in [0.1, 0.15) is 0 Å².